The molecule has 0 aliphatic rings. The van der Waals surface area contributed by atoms with Gasteiger partial charge in [-0.15, -0.1) is 11.3 Å². The molecule has 0 aliphatic heterocycles. The highest BCUT2D eigenvalue weighted by Gasteiger charge is 2.24. The average molecular weight is 317 g/mol. The molecule has 0 bridgehead atoms. The first kappa shape index (κ1) is 14.3. The molecule has 19 heavy (non-hydrogen) atoms. The molecule has 104 valence electrons. The predicted molar refractivity (Wildman–Crippen MR) is 80.5 cm³/mol. The zero-order valence-electron chi connectivity index (χ0n) is 10.4. The third kappa shape index (κ3) is 3.26. The normalized spacial score (nSPS) is 11.6. The summed E-state index contributed by atoms with van der Waals surface area (Å²) in [5.41, 5.74) is 5.69. The molecule has 5 nitrogen and oxygen atoms in total. The highest BCUT2D eigenvalue weighted by molar-refractivity contribution is 7.91. The Morgan fingerprint density at radius 3 is 2.89 bits per heavy atom. The van der Waals surface area contributed by atoms with Gasteiger partial charge in [-0.25, -0.2) is 8.42 Å². The number of thiophene rings is 1. The first-order chi connectivity index (χ1) is 9.04. The van der Waals surface area contributed by atoms with Crippen LogP contribution < -0.4 is 11.1 Å². The number of nitrogens with one attached hydrogen (secondary N) is 1. The number of hydrogen-bond acceptors (Lipinski definition) is 7. The molecular weight excluding hydrogens is 302 g/mol. The molecule has 0 aromatic carbocycles. The van der Waals surface area contributed by atoms with E-state index in [0.717, 1.165) is 16.4 Å². The minimum atomic E-state index is -3.36. The number of rotatable bonds is 6. The van der Waals surface area contributed by atoms with Gasteiger partial charge in [0, 0.05) is 4.88 Å². The van der Waals surface area contributed by atoms with Gasteiger partial charge in [-0.05, 0) is 29.4 Å². The summed E-state index contributed by atoms with van der Waals surface area (Å²) in [7, 11) is -3.36. The standard InChI is InChI=1S/C11H15N3O2S3/c1-2-6-19(15,16)9-10(12)14-18-11(9)13-7-8-4-3-5-17-8/h3-5,13H,2,6-7H2,1H3,(H2,12,14). The van der Waals surface area contributed by atoms with E-state index in [1.807, 2.05) is 24.4 Å². The summed E-state index contributed by atoms with van der Waals surface area (Å²) < 4.78 is 28.2. The maximum absolute atomic E-state index is 12.1. The first-order valence-corrected chi connectivity index (χ1v) is 9.09. The van der Waals surface area contributed by atoms with Gasteiger partial charge in [-0.2, -0.15) is 4.37 Å². The van der Waals surface area contributed by atoms with Gasteiger partial charge in [0.1, 0.15) is 9.90 Å². The Morgan fingerprint density at radius 1 is 1.47 bits per heavy atom. The molecule has 3 N–H and O–H groups in total. The fraction of sp³-hybridized carbons (Fsp3) is 0.364. The molecule has 2 aromatic heterocycles. The number of nitrogens with zero attached hydrogens (tertiary/aromatic N) is 1. The van der Waals surface area contributed by atoms with Gasteiger partial charge < -0.3 is 11.1 Å². The van der Waals surface area contributed by atoms with E-state index in [0.29, 0.717) is 18.0 Å². The molecule has 0 fully saturated rings. The van der Waals surface area contributed by atoms with Crippen LogP contribution in [-0.2, 0) is 16.4 Å². The lowest BCUT2D eigenvalue weighted by Gasteiger charge is -2.06. The van der Waals surface area contributed by atoms with E-state index in [-0.39, 0.29) is 16.5 Å². The summed E-state index contributed by atoms with van der Waals surface area (Å²) in [5, 5.41) is 5.61. The van der Waals surface area contributed by atoms with E-state index in [4.69, 9.17) is 5.73 Å². The van der Waals surface area contributed by atoms with Crippen LogP contribution in [0.15, 0.2) is 22.4 Å². The van der Waals surface area contributed by atoms with Gasteiger partial charge in [0.15, 0.2) is 15.7 Å². The molecule has 0 aliphatic carbocycles. The molecule has 0 amide bonds. The summed E-state index contributed by atoms with van der Waals surface area (Å²) in [6, 6.07) is 3.94. The lowest BCUT2D eigenvalue weighted by Crippen LogP contribution is -2.10. The van der Waals surface area contributed by atoms with Crippen molar-refractivity contribution in [2.75, 3.05) is 16.8 Å². The SMILES string of the molecule is CCCS(=O)(=O)c1c(N)nsc1NCc1cccs1. The van der Waals surface area contributed by atoms with Gasteiger partial charge >= 0.3 is 0 Å². The number of nitrogen functional groups attached to an aromatic ring is 1. The van der Waals surface area contributed by atoms with Crippen molar-refractivity contribution in [3.05, 3.63) is 22.4 Å². The van der Waals surface area contributed by atoms with Crippen LogP contribution in [0.5, 0.6) is 0 Å². The predicted octanol–water partition coefficient (Wildman–Crippen LogP) is 2.58. The Labute approximate surface area is 120 Å². The molecule has 8 heteroatoms. The molecule has 0 spiro atoms. The average Bonchev–Trinajstić information content (AvgIpc) is 2.95. The monoisotopic (exact) mass is 317 g/mol. The van der Waals surface area contributed by atoms with Crippen molar-refractivity contribution < 1.29 is 8.42 Å². The van der Waals surface area contributed by atoms with E-state index in [1.54, 1.807) is 11.3 Å². The first-order valence-electron chi connectivity index (χ1n) is 5.78. The van der Waals surface area contributed by atoms with Crippen LogP contribution in [0.25, 0.3) is 0 Å². The fourth-order valence-corrected chi connectivity index (χ4v) is 4.92. The van der Waals surface area contributed by atoms with Gasteiger partial charge in [-0.3, -0.25) is 0 Å². The van der Waals surface area contributed by atoms with E-state index in [1.165, 1.54) is 0 Å². The Kier molecular flexibility index (Phi) is 4.43. The van der Waals surface area contributed by atoms with Crippen LogP contribution in [0.2, 0.25) is 0 Å². The third-order valence-corrected chi connectivity index (χ3v) is 6.27. The van der Waals surface area contributed by atoms with Crippen LogP contribution in [0.3, 0.4) is 0 Å². The van der Waals surface area contributed by atoms with Crippen LogP contribution in [0.4, 0.5) is 10.8 Å². The minimum Gasteiger partial charge on any atom is -0.382 e. The Bertz CT molecular complexity index is 632. The summed E-state index contributed by atoms with van der Waals surface area (Å²) in [4.78, 5) is 1.28. The van der Waals surface area contributed by atoms with E-state index < -0.39 is 9.84 Å². The van der Waals surface area contributed by atoms with Crippen LogP contribution in [0.1, 0.15) is 18.2 Å². The van der Waals surface area contributed by atoms with Crippen molar-refractivity contribution in [2.45, 2.75) is 24.8 Å². The van der Waals surface area contributed by atoms with Gasteiger partial charge in [-0.1, -0.05) is 13.0 Å². The quantitative estimate of drug-likeness (QED) is 0.855. The molecule has 0 unspecified atom stereocenters. The molecule has 0 saturated heterocycles. The smallest absolute Gasteiger partial charge is 0.185 e. The van der Waals surface area contributed by atoms with E-state index >= 15 is 0 Å². The van der Waals surface area contributed by atoms with Crippen molar-refractivity contribution in [2.24, 2.45) is 0 Å². The van der Waals surface area contributed by atoms with Crippen molar-refractivity contribution in [3.8, 4) is 0 Å². The van der Waals surface area contributed by atoms with Gasteiger partial charge in [0.2, 0.25) is 0 Å². The topological polar surface area (TPSA) is 85.1 Å². The molecular formula is C11H15N3O2S3. The van der Waals surface area contributed by atoms with Crippen molar-refractivity contribution in [1.29, 1.82) is 0 Å². The summed E-state index contributed by atoms with van der Waals surface area (Å²) in [5.74, 6) is 0.177. The number of sulfone groups is 1. The zero-order valence-corrected chi connectivity index (χ0v) is 12.9. The highest BCUT2D eigenvalue weighted by Crippen LogP contribution is 2.33. The lowest BCUT2D eigenvalue weighted by atomic mass is 10.4. The van der Waals surface area contributed by atoms with Crippen LogP contribution in [0, 0.1) is 0 Å². The van der Waals surface area contributed by atoms with Crippen molar-refractivity contribution in [1.82, 2.24) is 4.37 Å². The Balaban J connectivity index is 2.22. The fourth-order valence-electron chi connectivity index (χ4n) is 1.66. The number of nitrogens with two attached hydrogens (primary N) is 1. The number of hydrogen-bond donors (Lipinski definition) is 2. The third-order valence-electron chi connectivity index (χ3n) is 2.46. The minimum absolute atomic E-state index is 0.0866. The summed E-state index contributed by atoms with van der Waals surface area (Å²) >= 11 is 2.70. The summed E-state index contributed by atoms with van der Waals surface area (Å²) in [6.07, 6.45) is 0.558. The molecule has 2 aromatic rings. The maximum atomic E-state index is 12.1. The zero-order chi connectivity index (χ0) is 13.9. The molecule has 0 saturated carbocycles. The highest BCUT2D eigenvalue weighted by atomic mass is 32.2. The molecule has 0 radical (unpaired) electrons. The van der Waals surface area contributed by atoms with Crippen LogP contribution >= 0.6 is 22.9 Å². The van der Waals surface area contributed by atoms with E-state index in [9.17, 15) is 8.42 Å². The second kappa shape index (κ2) is 5.89. The van der Waals surface area contributed by atoms with Crippen molar-refractivity contribution >= 4 is 43.5 Å². The molecule has 0 atom stereocenters. The van der Waals surface area contributed by atoms with E-state index in [2.05, 4.69) is 9.69 Å². The molecule has 2 rings (SSSR count). The summed E-state index contributed by atoms with van der Waals surface area (Å²) in [6.45, 7) is 2.40. The maximum Gasteiger partial charge on any atom is 0.185 e. The van der Waals surface area contributed by atoms with Gasteiger partial charge in [0.25, 0.3) is 0 Å². The Morgan fingerprint density at radius 2 is 2.26 bits per heavy atom. The Hall–Kier alpha value is -1.12. The second-order valence-corrected chi connectivity index (χ2v) is 7.83. The number of anilines is 2. The lowest BCUT2D eigenvalue weighted by molar-refractivity contribution is 0.595. The van der Waals surface area contributed by atoms with Gasteiger partial charge in [0.05, 0.1) is 12.3 Å². The largest absolute Gasteiger partial charge is 0.382 e. The second-order valence-electron chi connectivity index (χ2n) is 3.98. The molecule has 2 heterocycles. The van der Waals surface area contributed by atoms with Crippen molar-refractivity contribution in [3.63, 3.8) is 0 Å². The number of aromatic nitrogens is 1. The van der Waals surface area contributed by atoms with Crippen LogP contribution in [-0.4, -0.2) is 18.5 Å².